The van der Waals surface area contributed by atoms with E-state index in [-0.39, 0.29) is 11.5 Å². The Morgan fingerprint density at radius 2 is 2.10 bits per heavy atom. The van der Waals surface area contributed by atoms with E-state index in [0.29, 0.717) is 0 Å². The SMILES string of the molecule is CNC(Cc1nc(C(C)(C)C)cs1)c1cccc(Br)c1Cl. The van der Waals surface area contributed by atoms with Gasteiger partial charge in [0.1, 0.15) is 0 Å². The third-order valence-corrected chi connectivity index (χ3v) is 5.59. The maximum atomic E-state index is 6.41. The molecule has 21 heavy (non-hydrogen) atoms. The fourth-order valence-corrected chi connectivity index (χ4v) is 3.79. The lowest BCUT2D eigenvalue weighted by Crippen LogP contribution is -2.19. The van der Waals surface area contributed by atoms with Crippen molar-refractivity contribution in [3.8, 4) is 0 Å². The summed E-state index contributed by atoms with van der Waals surface area (Å²) in [6.07, 6.45) is 0.841. The minimum Gasteiger partial charge on any atom is -0.313 e. The summed E-state index contributed by atoms with van der Waals surface area (Å²) in [4.78, 5) is 4.77. The fraction of sp³-hybridized carbons (Fsp3) is 0.438. The van der Waals surface area contributed by atoms with Gasteiger partial charge in [-0.3, -0.25) is 0 Å². The second-order valence-electron chi connectivity index (χ2n) is 6.06. The highest BCUT2D eigenvalue weighted by Crippen LogP contribution is 2.33. The first kappa shape index (κ1) is 16.9. The van der Waals surface area contributed by atoms with E-state index in [1.54, 1.807) is 11.3 Å². The average Bonchev–Trinajstić information content (AvgIpc) is 2.88. The monoisotopic (exact) mass is 386 g/mol. The number of rotatable bonds is 4. The lowest BCUT2D eigenvalue weighted by molar-refractivity contribution is 0.560. The molecule has 1 unspecified atom stereocenters. The second kappa shape index (κ2) is 6.78. The molecule has 2 rings (SSSR count). The molecule has 1 aromatic carbocycles. The van der Waals surface area contributed by atoms with E-state index in [1.165, 1.54) is 0 Å². The van der Waals surface area contributed by atoms with Crippen molar-refractivity contribution in [2.45, 2.75) is 38.6 Å². The highest BCUT2D eigenvalue weighted by atomic mass is 79.9. The molecule has 0 radical (unpaired) electrons. The van der Waals surface area contributed by atoms with Gasteiger partial charge in [-0.2, -0.15) is 0 Å². The van der Waals surface area contributed by atoms with Crippen LogP contribution in [0.25, 0.3) is 0 Å². The van der Waals surface area contributed by atoms with Gasteiger partial charge in [0.25, 0.3) is 0 Å². The van der Waals surface area contributed by atoms with Crippen molar-refractivity contribution in [2.24, 2.45) is 0 Å². The van der Waals surface area contributed by atoms with Crippen molar-refractivity contribution < 1.29 is 0 Å². The summed E-state index contributed by atoms with van der Waals surface area (Å²) in [5.74, 6) is 0. The maximum absolute atomic E-state index is 6.41. The number of hydrogen-bond acceptors (Lipinski definition) is 3. The van der Waals surface area contributed by atoms with Crippen molar-refractivity contribution in [3.63, 3.8) is 0 Å². The molecule has 1 heterocycles. The smallest absolute Gasteiger partial charge is 0.0947 e. The molecular formula is C16H20BrClN2S. The van der Waals surface area contributed by atoms with Crippen molar-refractivity contribution in [1.29, 1.82) is 0 Å². The van der Waals surface area contributed by atoms with Crippen LogP contribution in [0.5, 0.6) is 0 Å². The van der Waals surface area contributed by atoms with Gasteiger partial charge in [0.2, 0.25) is 0 Å². The third kappa shape index (κ3) is 4.07. The summed E-state index contributed by atoms with van der Waals surface area (Å²) in [6, 6.07) is 6.19. The molecule has 0 bridgehead atoms. The van der Waals surface area contributed by atoms with Gasteiger partial charge in [-0.05, 0) is 34.6 Å². The molecule has 0 aliphatic carbocycles. The highest BCUT2D eigenvalue weighted by molar-refractivity contribution is 9.10. The summed E-state index contributed by atoms with van der Waals surface area (Å²) in [6.45, 7) is 6.56. The number of hydrogen-bond donors (Lipinski definition) is 1. The van der Waals surface area contributed by atoms with Gasteiger partial charge in [-0.15, -0.1) is 11.3 Å². The molecule has 2 nitrogen and oxygen atoms in total. The number of thiazole rings is 1. The lowest BCUT2D eigenvalue weighted by atomic mass is 9.93. The number of halogens is 2. The quantitative estimate of drug-likeness (QED) is 0.764. The molecule has 0 spiro atoms. The zero-order valence-electron chi connectivity index (χ0n) is 12.7. The number of nitrogens with zero attached hydrogens (tertiary/aromatic N) is 1. The standard InChI is InChI=1S/C16H20BrClN2S/c1-16(2,3)13-9-21-14(20-13)8-12(19-4)10-6-5-7-11(17)15(10)18/h5-7,9,12,19H,8H2,1-4H3. The minimum atomic E-state index is 0.0946. The molecule has 1 N–H and O–H groups in total. The minimum absolute atomic E-state index is 0.0946. The predicted molar refractivity (Wildman–Crippen MR) is 95.5 cm³/mol. The van der Waals surface area contributed by atoms with Crippen LogP contribution in [0.3, 0.4) is 0 Å². The first-order valence-electron chi connectivity index (χ1n) is 6.89. The topological polar surface area (TPSA) is 24.9 Å². The van der Waals surface area contributed by atoms with Crippen molar-refractivity contribution >= 4 is 38.9 Å². The second-order valence-corrected chi connectivity index (χ2v) is 8.24. The largest absolute Gasteiger partial charge is 0.313 e. The molecule has 1 atom stereocenters. The number of aromatic nitrogens is 1. The first-order chi connectivity index (χ1) is 9.82. The van der Waals surface area contributed by atoms with Gasteiger partial charge < -0.3 is 5.32 Å². The lowest BCUT2D eigenvalue weighted by Gasteiger charge is -2.18. The van der Waals surface area contributed by atoms with Gasteiger partial charge in [0.05, 0.1) is 15.7 Å². The number of likely N-dealkylation sites (N-methyl/N-ethyl adjacent to an activating group) is 1. The third-order valence-electron chi connectivity index (χ3n) is 3.40. The van der Waals surface area contributed by atoms with Crippen LogP contribution in [0, 0.1) is 0 Å². The molecule has 0 aliphatic heterocycles. The Labute approximate surface area is 144 Å². The maximum Gasteiger partial charge on any atom is 0.0947 e. The molecule has 0 saturated heterocycles. The van der Waals surface area contributed by atoms with E-state index < -0.39 is 0 Å². The Hall–Kier alpha value is -0.420. The summed E-state index contributed by atoms with van der Waals surface area (Å²) in [5.41, 5.74) is 2.34. The van der Waals surface area contributed by atoms with Gasteiger partial charge >= 0.3 is 0 Å². The first-order valence-corrected chi connectivity index (χ1v) is 8.94. The normalized spacial score (nSPS) is 13.4. The van der Waals surface area contributed by atoms with Crippen LogP contribution >= 0.6 is 38.9 Å². The molecule has 0 saturated carbocycles. The fourth-order valence-electron chi connectivity index (χ4n) is 2.08. The van der Waals surface area contributed by atoms with Crippen LogP contribution in [0.1, 0.15) is 43.1 Å². The molecule has 0 fully saturated rings. The van der Waals surface area contributed by atoms with Crippen LogP contribution in [0.4, 0.5) is 0 Å². The zero-order chi connectivity index (χ0) is 15.6. The van der Waals surface area contributed by atoms with Gasteiger partial charge in [-0.1, -0.05) is 44.5 Å². The highest BCUT2D eigenvalue weighted by Gasteiger charge is 2.20. The summed E-state index contributed by atoms with van der Waals surface area (Å²) >= 11 is 11.6. The average molecular weight is 388 g/mol. The van der Waals surface area contributed by atoms with Gasteiger partial charge in [0.15, 0.2) is 0 Å². The van der Waals surface area contributed by atoms with Gasteiger partial charge in [-0.25, -0.2) is 4.98 Å². The predicted octanol–water partition coefficient (Wildman–Crippen LogP) is 5.36. The van der Waals surface area contributed by atoms with Crippen LogP contribution < -0.4 is 5.32 Å². The van der Waals surface area contributed by atoms with Crippen LogP contribution in [0.2, 0.25) is 5.02 Å². The van der Waals surface area contributed by atoms with Crippen molar-refractivity contribution in [2.75, 3.05) is 7.05 Å². The van der Waals surface area contributed by atoms with E-state index in [0.717, 1.165) is 32.2 Å². The van der Waals surface area contributed by atoms with Crippen molar-refractivity contribution in [3.05, 3.63) is 49.3 Å². The van der Waals surface area contributed by atoms with Gasteiger partial charge in [0, 0.05) is 27.7 Å². The Morgan fingerprint density at radius 3 is 2.67 bits per heavy atom. The van der Waals surface area contributed by atoms with Crippen LogP contribution in [-0.2, 0) is 11.8 Å². The van der Waals surface area contributed by atoms with E-state index in [2.05, 4.69) is 53.5 Å². The summed E-state index contributed by atoms with van der Waals surface area (Å²) in [7, 11) is 1.96. The Kier molecular flexibility index (Phi) is 5.47. The van der Waals surface area contributed by atoms with E-state index in [1.807, 2.05) is 19.2 Å². The van der Waals surface area contributed by atoms with Crippen LogP contribution in [-0.4, -0.2) is 12.0 Å². The molecule has 1 aromatic heterocycles. The van der Waals surface area contributed by atoms with Crippen molar-refractivity contribution in [1.82, 2.24) is 10.3 Å². The van der Waals surface area contributed by atoms with Crippen LogP contribution in [0.15, 0.2) is 28.1 Å². The molecule has 0 aliphatic rings. The van der Waals surface area contributed by atoms with E-state index in [9.17, 15) is 0 Å². The molecule has 114 valence electrons. The molecule has 2 aromatic rings. The molecule has 0 amide bonds. The Balaban J connectivity index is 2.23. The Bertz CT molecular complexity index is 619. The summed E-state index contributed by atoms with van der Waals surface area (Å²) < 4.78 is 0.927. The number of nitrogens with one attached hydrogen (secondary N) is 1. The van der Waals surface area contributed by atoms with E-state index in [4.69, 9.17) is 16.6 Å². The zero-order valence-corrected chi connectivity index (χ0v) is 15.9. The van der Waals surface area contributed by atoms with E-state index >= 15 is 0 Å². The molecule has 5 heteroatoms. The summed E-state index contributed by atoms with van der Waals surface area (Å²) in [5, 5.41) is 7.40. The molecular weight excluding hydrogens is 368 g/mol. The Morgan fingerprint density at radius 1 is 1.38 bits per heavy atom. The number of benzene rings is 1.